The fourth-order valence-electron chi connectivity index (χ4n) is 2.99. The Hall–Kier alpha value is -1.10. The van der Waals surface area contributed by atoms with Crippen molar-refractivity contribution >= 4 is 18.3 Å². The average molecular weight is 327 g/mol. The van der Waals surface area contributed by atoms with Crippen LogP contribution in [0.2, 0.25) is 0 Å². The SMILES string of the molecule is Cl.NC(CC(=O)NCC(O)C1CCCCC1)c1ccccc1. The van der Waals surface area contributed by atoms with E-state index in [1.165, 1.54) is 19.3 Å². The zero-order chi connectivity index (χ0) is 15.1. The zero-order valence-corrected chi connectivity index (χ0v) is 13.7. The number of halogens is 1. The van der Waals surface area contributed by atoms with E-state index in [-0.39, 0.29) is 30.8 Å². The van der Waals surface area contributed by atoms with Gasteiger partial charge in [-0.25, -0.2) is 0 Å². The van der Waals surface area contributed by atoms with Crippen LogP contribution in [0.5, 0.6) is 0 Å². The molecule has 0 radical (unpaired) electrons. The maximum atomic E-state index is 11.9. The van der Waals surface area contributed by atoms with E-state index in [1.807, 2.05) is 30.3 Å². The van der Waals surface area contributed by atoms with Crippen molar-refractivity contribution in [3.8, 4) is 0 Å². The molecule has 1 aliphatic rings. The lowest BCUT2D eigenvalue weighted by Crippen LogP contribution is -2.38. The number of hydrogen-bond donors (Lipinski definition) is 3. The molecule has 1 amide bonds. The van der Waals surface area contributed by atoms with Gasteiger partial charge in [-0.05, 0) is 24.3 Å². The van der Waals surface area contributed by atoms with Gasteiger partial charge in [0, 0.05) is 19.0 Å². The minimum atomic E-state index is -0.429. The number of nitrogens with two attached hydrogens (primary N) is 1. The maximum absolute atomic E-state index is 11.9. The van der Waals surface area contributed by atoms with Crippen molar-refractivity contribution < 1.29 is 9.90 Å². The van der Waals surface area contributed by atoms with E-state index in [0.717, 1.165) is 18.4 Å². The van der Waals surface area contributed by atoms with Gasteiger partial charge in [0.05, 0.1) is 6.10 Å². The molecule has 4 N–H and O–H groups in total. The second-order valence-corrected chi connectivity index (χ2v) is 5.99. The summed E-state index contributed by atoms with van der Waals surface area (Å²) in [5.74, 6) is 0.239. The van der Waals surface area contributed by atoms with Crippen molar-refractivity contribution in [1.29, 1.82) is 0 Å². The first-order valence-electron chi connectivity index (χ1n) is 7.92. The fraction of sp³-hybridized carbons (Fsp3) is 0.588. The number of carbonyl (C=O) groups excluding carboxylic acids is 1. The fourth-order valence-corrected chi connectivity index (χ4v) is 2.99. The number of aliphatic hydroxyl groups excluding tert-OH is 1. The van der Waals surface area contributed by atoms with E-state index < -0.39 is 6.10 Å². The van der Waals surface area contributed by atoms with Gasteiger partial charge in [-0.2, -0.15) is 0 Å². The Balaban J connectivity index is 0.00000242. The molecule has 1 saturated carbocycles. The molecular weight excluding hydrogens is 300 g/mol. The Morgan fingerprint density at radius 2 is 1.86 bits per heavy atom. The highest BCUT2D eigenvalue weighted by Gasteiger charge is 2.22. The summed E-state index contributed by atoms with van der Waals surface area (Å²) >= 11 is 0. The first kappa shape index (κ1) is 18.9. The number of nitrogens with one attached hydrogen (secondary N) is 1. The Morgan fingerprint density at radius 1 is 1.23 bits per heavy atom. The van der Waals surface area contributed by atoms with Crippen LogP contribution in [0.15, 0.2) is 30.3 Å². The molecule has 1 aromatic carbocycles. The van der Waals surface area contributed by atoms with E-state index in [9.17, 15) is 9.90 Å². The van der Waals surface area contributed by atoms with E-state index in [4.69, 9.17) is 5.73 Å². The quantitative estimate of drug-likeness (QED) is 0.752. The molecule has 0 heterocycles. The van der Waals surface area contributed by atoms with Gasteiger partial charge in [-0.15, -0.1) is 12.4 Å². The predicted molar refractivity (Wildman–Crippen MR) is 90.8 cm³/mol. The molecule has 2 unspecified atom stereocenters. The summed E-state index contributed by atoms with van der Waals surface area (Å²) in [7, 11) is 0. The number of carbonyl (C=O) groups is 1. The van der Waals surface area contributed by atoms with E-state index in [1.54, 1.807) is 0 Å². The normalized spacial score (nSPS) is 18.1. The van der Waals surface area contributed by atoms with Crippen LogP contribution in [0.1, 0.15) is 50.1 Å². The Kier molecular flexibility index (Phi) is 8.46. The first-order valence-corrected chi connectivity index (χ1v) is 7.92. The van der Waals surface area contributed by atoms with Crippen LogP contribution < -0.4 is 11.1 Å². The van der Waals surface area contributed by atoms with Crippen molar-refractivity contribution in [1.82, 2.24) is 5.32 Å². The third kappa shape index (κ3) is 5.95. The highest BCUT2D eigenvalue weighted by Crippen LogP contribution is 2.26. The lowest BCUT2D eigenvalue weighted by molar-refractivity contribution is -0.122. The molecule has 22 heavy (non-hydrogen) atoms. The summed E-state index contributed by atoms with van der Waals surface area (Å²) in [5.41, 5.74) is 6.98. The molecule has 124 valence electrons. The molecule has 2 rings (SSSR count). The lowest BCUT2D eigenvalue weighted by atomic mass is 9.85. The predicted octanol–water partition coefficient (Wildman–Crippen LogP) is 2.56. The van der Waals surface area contributed by atoms with Gasteiger partial charge in [0.1, 0.15) is 0 Å². The molecule has 0 spiro atoms. The number of hydrogen-bond acceptors (Lipinski definition) is 3. The number of benzene rings is 1. The highest BCUT2D eigenvalue weighted by molar-refractivity contribution is 5.85. The number of rotatable bonds is 6. The smallest absolute Gasteiger partial charge is 0.221 e. The molecule has 1 fully saturated rings. The van der Waals surface area contributed by atoms with Gasteiger partial charge in [-0.1, -0.05) is 49.6 Å². The summed E-state index contributed by atoms with van der Waals surface area (Å²) < 4.78 is 0. The molecule has 0 bridgehead atoms. The third-order valence-corrected chi connectivity index (χ3v) is 4.34. The zero-order valence-electron chi connectivity index (χ0n) is 12.9. The number of aliphatic hydroxyl groups is 1. The Labute approximate surface area is 138 Å². The second-order valence-electron chi connectivity index (χ2n) is 5.99. The Bertz CT molecular complexity index is 436. The van der Waals surface area contributed by atoms with Crippen LogP contribution in [-0.4, -0.2) is 23.7 Å². The largest absolute Gasteiger partial charge is 0.391 e. The average Bonchev–Trinajstić information content (AvgIpc) is 2.54. The minimum Gasteiger partial charge on any atom is -0.391 e. The van der Waals surface area contributed by atoms with Crippen molar-refractivity contribution in [2.45, 2.75) is 50.7 Å². The van der Waals surface area contributed by atoms with Crippen LogP contribution in [-0.2, 0) is 4.79 Å². The molecule has 2 atom stereocenters. The van der Waals surface area contributed by atoms with Crippen LogP contribution in [0.3, 0.4) is 0 Å². The van der Waals surface area contributed by atoms with Gasteiger partial charge >= 0.3 is 0 Å². The van der Waals surface area contributed by atoms with Crippen molar-refractivity contribution in [3.63, 3.8) is 0 Å². The summed E-state index contributed by atoms with van der Waals surface area (Å²) in [6, 6.07) is 9.32. The van der Waals surface area contributed by atoms with Crippen LogP contribution >= 0.6 is 12.4 Å². The van der Waals surface area contributed by atoms with Gasteiger partial charge in [0.2, 0.25) is 5.91 Å². The minimum absolute atomic E-state index is 0. The van der Waals surface area contributed by atoms with Crippen LogP contribution in [0.4, 0.5) is 0 Å². The van der Waals surface area contributed by atoms with Gasteiger partial charge in [0.15, 0.2) is 0 Å². The topological polar surface area (TPSA) is 75.4 Å². The Morgan fingerprint density at radius 3 is 2.50 bits per heavy atom. The molecule has 4 nitrogen and oxygen atoms in total. The summed E-state index contributed by atoms with van der Waals surface area (Å²) in [6.07, 6.45) is 5.61. The molecular formula is C17H27ClN2O2. The summed E-state index contributed by atoms with van der Waals surface area (Å²) in [6.45, 7) is 0.338. The third-order valence-electron chi connectivity index (χ3n) is 4.34. The highest BCUT2D eigenvalue weighted by atomic mass is 35.5. The van der Waals surface area contributed by atoms with Crippen LogP contribution in [0.25, 0.3) is 0 Å². The van der Waals surface area contributed by atoms with Gasteiger partial charge in [0.25, 0.3) is 0 Å². The number of amides is 1. The van der Waals surface area contributed by atoms with Crippen molar-refractivity contribution in [3.05, 3.63) is 35.9 Å². The van der Waals surface area contributed by atoms with Gasteiger partial charge < -0.3 is 16.2 Å². The molecule has 1 aliphatic carbocycles. The van der Waals surface area contributed by atoms with E-state index in [2.05, 4.69) is 5.32 Å². The van der Waals surface area contributed by atoms with Crippen molar-refractivity contribution in [2.75, 3.05) is 6.54 Å². The molecule has 0 aromatic heterocycles. The summed E-state index contributed by atoms with van der Waals surface area (Å²) in [5, 5.41) is 12.9. The molecule has 5 heteroatoms. The summed E-state index contributed by atoms with van der Waals surface area (Å²) in [4.78, 5) is 11.9. The van der Waals surface area contributed by atoms with Crippen molar-refractivity contribution in [2.24, 2.45) is 11.7 Å². The van der Waals surface area contributed by atoms with E-state index >= 15 is 0 Å². The first-order chi connectivity index (χ1) is 10.2. The molecule has 1 aromatic rings. The lowest BCUT2D eigenvalue weighted by Gasteiger charge is -2.26. The molecule has 0 saturated heterocycles. The van der Waals surface area contributed by atoms with E-state index in [0.29, 0.717) is 12.5 Å². The van der Waals surface area contributed by atoms with Gasteiger partial charge in [-0.3, -0.25) is 4.79 Å². The standard InChI is InChI=1S/C17H26N2O2.ClH/c18-15(13-7-3-1-4-8-13)11-17(21)19-12-16(20)14-9-5-2-6-10-14;/h1,3-4,7-8,14-16,20H,2,5-6,9-12,18H2,(H,19,21);1H. The second kappa shape index (κ2) is 9.82. The molecule has 0 aliphatic heterocycles. The van der Waals surface area contributed by atoms with Crippen LogP contribution in [0, 0.1) is 5.92 Å². The monoisotopic (exact) mass is 326 g/mol. The maximum Gasteiger partial charge on any atom is 0.221 e.